The number of fused-ring (bicyclic) bond motifs is 4. The van der Waals surface area contributed by atoms with Crippen molar-refractivity contribution in [3.8, 4) is 17.1 Å². The van der Waals surface area contributed by atoms with Gasteiger partial charge < -0.3 is 19.3 Å². The van der Waals surface area contributed by atoms with Crippen molar-refractivity contribution >= 4 is 11.9 Å². The van der Waals surface area contributed by atoms with Crippen molar-refractivity contribution in [2.45, 2.75) is 58.3 Å². The number of piperidine rings is 1. The normalized spacial score (nSPS) is 23.3. The number of benzene rings is 1. The molecule has 3 aromatic rings. The molecule has 0 unspecified atom stereocenters. The average Bonchev–Trinajstić information content (AvgIpc) is 3.23. The Morgan fingerprint density at radius 3 is 2.76 bits per heavy atom. The molecular formula is C24H24N4O5. The number of carbonyl (C=O) groups is 2. The smallest absolute Gasteiger partial charge is 0.302 e. The molecule has 0 aliphatic carbocycles. The highest BCUT2D eigenvalue weighted by Gasteiger charge is 2.52. The number of rotatable bonds is 4. The van der Waals surface area contributed by atoms with Crippen LogP contribution in [0.25, 0.3) is 11.4 Å². The zero-order valence-corrected chi connectivity index (χ0v) is 18.8. The lowest BCUT2D eigenvalue weighted by Gasteiger charge is -2.47. The monoisotopic (exact) mass is 448 g/mol. The van der Waals surface area contributed by atoms with Gasteiger partial charge >= 0.3 is 5.97 Å². The van der Waals surface area contributed by atoms with Crippen LogP contribution in [0.3, 0.4) is 0 Å². The van der Waals surface area contributed by atoms with Crippen molar-refractivity contribution in [1.82, 2.24) is 20.4 Å². The molecule has 3 atom stereocenters. The van der Waals surface area contributed by atoms with E-state index in [2.05, 4.69) is 20.4 Å². The zero-order valence-electron chi connectivity index (χ0n) is 18.8. The van der Waals surface area contributed by atoms with Crippen LogP contribution in [-0.2, 0) is 20.9 Å². The highest BCUT2D eigenvalue weighted by molar-refractivity contribution is 5.86. The number of nitrogens with one attached hydrogen (secondary N) is 1. The topological polar surface area (TPSA) is 116 Å². The van der Waals surface area contributed by atoms with E-state index in [0.29, 0.717) is 29.3 Å². The van der Waals surface area contributed by atoms with E-state index in [1.807, 2.05) is 45.0 Å². The minimum atomic E-state index is -0.891. The third kappa shape index (κ3) is 3.73. The molecule has 170 valence electrons. The van der Waals surface area contributed by atoms with Crippen molar-refractivity contribution in [2.24, 2.45) is 0 Å². The molecule has 2 bridgehead atoms. The van der Waals surface area contributed by atoms with Crippen molar-refractivity contribution in [3.05, 3.63) is 58.7 Å². The maximum absolute atomic E-state index is 13.3. The number of ether oxygens (including phenoxy) is 2. The number of aromatic nitrogens is 3. The third-order valence-corrected chi connectivity index (χ3v) is 6.16. The summed E-state index contributed by atoms with van der Waals surface area (Å²) in [5, 5.41) is 7.09. The summed E-state index contributed by atoms with van der Waals surface area (Å²) < 4.78 is 17.1. The molecule has 2 aliphatic rings. The molecule has 2 aromatic heterocycles. The van der Waals surface area contributed by atoms with Gasteiger partial charge in [-0.25, -0.2) is 0 Å². The van der Waals surface area contributed by atoms with Crippen LogP contribution < -0.4 is 10.1 Å². The van der Waals surface area contributed by atoms with Gasteiger partial charge in [-0.1, -0.05) is 35.0 Å². The summed E-state index contributed by atoms with van der Waals surface area (Å²) in [5.41, 5.74) is 3.20. The number of esters is 1. The number of carbonyl (C=O) groups excluding carboxylic acids is 2. The Hall–Kier alpha value is -3.75. The summed E-state index contributed by atoms with van der Waals surface area (Å²) in [6.45, 7) is 7.07. The standard InChI is InChI=1S/C24H24N4O5/c1-12-5-7-15(8-6-12)21-26-23(33-28-21)19-17-9-24(4,27-22(19)30)32-20-13(2)25-10-16(18(17)20)11-31-14(3)29/h5-8,10,17,19H,9,11H2,1-4H3,(H,27,30)/t17-,19-,24-/m0/s1. The summed E-state index contributed by atoms with van der Waals surface area (Å²) in [7, 11) is 0. The molecule has 2 aliphatic heterocycles. The zero-order chi connectivity index (χ0) is 23.3. The van der Waals surface area contributed by atoms with Crippen LogP contribution in [0.15, 0.2) is 35.0 Å². The Bertz CT molecular complexity index is 1250. The summed E-state index contributed by atoms with van der Waals surface area (Å²) in [5.74, 6) is -0.451. The van der Waals surface area contributed by atoms with E-state index in [9.17, 15) is 9.59 Å². The fourth-order valence-electron chi connectivity index (χ4n) is 4.61. The Kier molecular flexibility index (Phi) is 4.92. The van der Waals surface area contributed by atoms with Gasteiger partial charge in [-0.05, 0) is 20.8 Å². The van der Waals surface area contributed by atoms with E-state index >= 15 is 0 Å². The maximum Gasteiger partial charge on any atom is 0.302 e. The van der Waals surface area contributed by atoms with Gasteiger partial charge in [0.2, 0.25) is 17.6 Å². The first-order chi connectivity index (χ1) is 15.7. The van der Waals surface area contributed by atoms with Crippen LogP contribution in [-0.4, -0.2) is 32.7 Å². The first kappa shape index (κ1) is 21.1. The SMILES string of the molecule is CC(=O)OCc1cnc(C)c2c1[C@@H]1C[C@@](C)(NC(=O)[C@H]1c1nc(-c3ccc(C)cc3)no1)O2. The first-order valence-corrected chi connectivity index (χ1v) is 10.8. The molecule has 33 heavy (non-hydrogen) atoms. The first-order valence-electron chi connectivity index (χ1n) is 10.8. The van der Waals surface area contributed by atoms with Gasteiger partial charge in [-0.15, -0.1) is 0 Å². The van der Waals surface area contributed by atoms with E-state index in [1.54, 1.807) is 6.20 Å². The van der Waals surface area contributed by atoms with Gasteiger partial charge in [0.25, 0.3) is 0 Å². The second-order valence-electron chi connectivity index (χ2n) is 8.82. The lowest BCUT2D eigenvalue weighted by atomic mass is 9.73. The molecule has 0 saturated carbocycles. The summed E-state index contributed by atoms with van der Waals surface area (Å²) in [4.78, 5) is 33.7. The largest absolute Gasteiger partial charge is 0.466 e. The van der Waals surface area contributed by atoms with Crippen LogP contribution in [0.1, 0.15) is 60.4 Å². The van der Waals surface area contributed by atoms with Gasteiger partial charge in [0, 0.05) is 42.1 Å². The molecule has 5 rings (SSSR count). The molecule has 1 fully saturated rings. The van der Waals surface area contributed by atoms with Crippen LogP contribution in [0.2, 0.25) is 0 Å². The minimum absolute atomic E-state index is 0.0360. The highest BCUT2D eigenvalue weighted by atomic mass is 16.5. The van der Waals surface area contributed by atoms with Crippen LogP contribution >= 0.6 is 0 Å². The van der Waals surface area contributed by atoms with E-state index in [4.69, 9.17) is 14.0 Å². The van der Waals surface area contributed by atoms with Crippen molar-refractivity contribution in [1.29, 1.82) is 0 Å². The van der Waals surface area contributed by atoms with E-state index < -0.39 is 17.6 Å². The quantitative estimate of drug-likeness (QED) is 0.604. The Labute approximate surface area is 190 Å². The van der Waals surface area contributed by atoms with Crippen molar-refractivity contribution in [2.75, 3.05) is 0 Å². The third-order valence-electron chi connectivity index (χ3n) is 6.16. The number of hydrogen-bond acceptors (Lipinski definition) is 8. The highest BCUT2D eigenvalue weighted by Crippen LogP contribution is 2.51. The van der Waals surface area contributed by atoms with Crippen LogP contribution in [0.4, 0.5) is 0 Å². The molecule has 9 nitrogen and oxygen atoms in total. The number of hydrogen-bond donors (Lipinski definition) is 1. The predicted molar refractivity (Wildman–Crippen MR) is 116 cm³/mol. The number of nitrogens with zero attached hydrogens (tertiary/aromatic N) is 3. The second-order valence-corrected chi connectivity index (χ2v) is 8.82. The summed E-state index contributed by atoms with van der Waals surface area (Å²) >= 11 is 0. The maximum atomic E-state index is 13.3. The fourth-order valence-corrected chi connectivity index (χ4v) is 4.61. The molecule has 0 spiro atoms. The molecule has 0 radical (unpaired) electrons. The van der Waals surface area contributed by atoms with Gasteiger partial charge in [-0.2, -0.15) is 4.98 Å². The van der Waals surface area contributed by atoms with Gasteiger partial charge in [0.1, 0.15) is 18.3 Å². The minimum Gasteiger partial charge on any atom is -0.466 e. The number of pyridine rings is 1. The molecule has 1 amide bonds. The Balaban J connectivity index is 1.59. The Morgan fingerprint density at radius 1 is 1.27 bits per heavy atom. The van der Waals surface area contributed by atoms with E-state index in [-0.39, 0.29) is 24.3 Å². The lowest BCUT2D eigenvalue weighted by Crippen LogP contribution is -2.60. The van der Waals surface area contributed by atoms with E-state index in [1.165, 1.54) is 6.92 Å². The van der Waals surface area contributed by atoms with Crippen molar-refractivity contribution < 1.29 is 23.6 Å². The molecule has 1 saturated heterocycles. The Morgan fingerprint density at radius 2 is 2.03 bits per heavy atom. The van der Waals surface area contributed by atoms with Crippen LogP contribution in [0, 0.1) is 13.8 Å². The lowest BCUT2D eigenvalue weighted by molar-refractivity contribution is -0.142. The van der Waals surface area contributed by atoms with E-state index in [0.717, 1.165) is 16.7 Å². The number of amides is 1. The summed E-state index contributed by atoms with van der Waals surface area (Å²) in [6, 6.07) is 7.77. The predicted octanol–water partition coefficient (Wildman–Crippen LogP) is 3.31. The average molecular weight is 448 g/mol. The molecular weight excluding hydrogens is 424 g/mol. The van der Waals surface area contributed by atoms with Gasteiger partial charge in [0.05, 0.1) is 5.69 Å². The summed E-state index contributed by atoms with van der Waals surface area (Å²) in [6.07, 6.45) is 2.16. The van der Waals surface area contributed by atoms with Crippen molar-refractivity contribution in [3.63, 3.8) is 0 Å². The molecule has 4 heterocycles. The van der Waals surface area contributed by atoms with Gasteiger partial charge in [-0.3, -0.25) is 14.6 Å². The molecule has 9 heteroatoms. The fraction of sp³-hybridized carbons (Fsp3) is 0.375. The van der Waals surface area contributed by atoms with Gasteiger partial charge in [0.15, 0.2) is 5.72 Å². The second kappa shape index (κ2) is 7.68. The van der Waals surface area contributed by atoms with Crippen LogP contribution in [0.5, 0.6) is 5.75 Å². The molecule has 1 aromatic carbocycles. The molecule has 1 N–H and O–H groups in total. The number of aryl methyl sites for hydroxylation is 2.